The number of hydrogen-bond donors (Lipinski definition) is 1. The first-order valence-electron chi connectivity index (χ1n) is 7.64. The van der Waals surface area contributed by atoms with Crippen molar-refractivity contribution in [3.63, 3.8) is 0 Å². The Hall–Kier alpha value is -1.87. The summed E-state index contributed by atoms with van der Waals surface area (Å²) in [5.74, 6) is 1.39. The molecule has 1 saturated heterocycles. The normalized spacial score (nSPS) is 17.7. The molecule has 1 atom stereocenters. The number of benzene rings is 1. The van der Waals surface area contributed by atoms with Crippen molar-refractivity contribution in [2.75, 3.05) is 18.0 Å². The Morgan fingerprint density at radius 3 is 2.43 bits per heavy atom. The summed E-state index contributed by atoms with van der Waals surface area (Å²) in [5, 5.41) is 10.5. The van der Waals surface area contributed by atoms with Crippen LogP contribution in [0, 0.1) is 12.8 Å². The average molecular weight is 282 g/mol. The summed E-state index contributed by atoms with van der Waals surface area (Å²) < 4.78 is 0. The van der Waals surface area contributed by atoms with E-state index >= 15 is 0 Å². The Labute approximate surface area is 126 Å². The van der Waals surface area contributed by atoms with Gasteiger partial charge in [-0.3, -0.25) is 0 Å². The van der Waals surface area contributed by atoms with Gasteiger partial charge < -0.3 is 10.0 Å². The topological polar surface area (TPSA) is 36.4 Å². The number of aryl methyl sites for hydroxylation is 1. The number of rotatable bonds is 3. The number of piperidine rings is 1. The lowest BCUT2D eigenvalue weighted by molar-refractivity contribution is 0.0929. The smallest absolute Gasteiger partial charge is 0.128 e. The van der Waals surface area contributed by atoms with Crippen molar-refractivity contribution >= 4 is 5.82 Å². The van der Waals surface area contributed by atoms with Crippen molar-refractivity contribution in [2.24, 2.45) is 5.92 Å². The van der Waals surface area contributed by atoms with Gasteiger partial charge in [0.1, 0.15) is 5.82 Å². The first-order valence-corrected chi connectivity index (χ1v) is 7.64. The van der Waals surface area contributed by atoms with E-state index in [0.29, 0.717) is 5.92 Å². The minimum atomic E-state index is -0.348. The third-order valence-corrected chi connectivity index (χ3v) is 4.35. The van der Waals surface area contributed by atoms with Crippen molar-refractivity contribution in [3.05, 3.63) is 59.8 Å². The molecule has 0 amide bonds. The maximum Gasteiger partial charge on any atom is 0.128 e. The van der Waals surface area contributed by atoms with Crippen LogP contribution in [0.15, 0.2) is 48.7 Å². The standard InChI is InChI=1S/C18H22N2O/c1-14-7-8-17(19-13-14)20-11-9-16(10-12-20)18(21)15-5-3-2-4-6-15/h2-8,13,16,18,21H,9-12H2,1H3. The quantitative estimate of drug-likeness (QED) is 0.938. The number of aliphatic hydroxyl groups is 1. The summed E-state index contributed by atoms with van der Waals surface area (Å²) in [7, 11) is 0. The van der Waals surface area contributed by atoms with E-state index in [2.05, 4.69) is 28.9 Å². The van der Waals surface area contributed by atoms with Crippen LogP contribution in [0.2, 0.25) is 0 Å². The summed E-state index contributed by atoms with van der Waals surface area (Å²) in [5.41, 5.74) is 2.22. The molecular weight excluding hydrogens is 260 g/mol. The molecule has 1 aliphatic rings. The molecule has 0 aliphatic carbocycles. The molecule has 1 fully saturated rings. The number of aromatic nitrogens is 1. The molecule has 21 heavy (non-hydrogen) atoms. The lowest BCUT2D eigenvalue weighted by atomic mass is 9.87. The van der Waals surface area contributed by atoms with Crippen LogP contribution in [-0.2, 0) is 0 Å². The maximum atomic E-state index is 10.5. The third-order valence-electron chi connectivity index (χ3n) is 4.35. The molecule has 3 rings (SSSR count). The van der Waals surface area contributed by atoms with Gasteiger partial charge >= 0.3 is 0 Å². The van der Waals surface area contributed by atoms with Crippen molar-refractivity contribution < 1.29 is 5.11 Å². The van der Waals surface area contributed by atoms with E-state index in [-0.39, 0.29) is 6.10 Å². The molecule has 2 heterocycles. The van der Waals surface area contributed by atoms with Gasteiger partial charge in [-0.15, -0.1) is 0 Å². The van der Waals surface area contributed by atoms with Gasteiger partial charge in [-0.05, 0) is 42.9 Å². The van der Waals surface area contributed by atoms with E-state index in [1.807, 2.05) is 36.5 Å². The van der Waals surface area contributed by atoms with Crippen molar-refractivity contribution in [2.45, 2.75) is 25.9 Å². The van der Waals surface area contributed by atoms with Gasteiger partial charge in [-0.25, -0.2) is 4.98 Å². The first kappa shape index (κ1) is 14.1. The lowest BCUT2D eigenvalue weighted by Crippen LogP contribution is -2.36. The molecule has 1 aliphatic heterocycles. The maximum absolute atomic E-state index is 10.5. The van der Waals surface area contributed by atoms with Crippen LogP contribution in [0.5, 0.6) is 0 Å². The van der Waals surface area contributed by atoms with Crippen LogP contribution in [0.4, 0.5) is 5.82 Å². The lowest BCUT2D eigenvalue weighted by Gasteiger charge is -2.35. The van der Waals surface area contributed by atoms with E-state index in [1.165, 1.54) is 5.56 Å². The Bertz CT molecular complexity index is 560. The van der Waals surface area contributed by atoms with Crippen molar-refractivity contribution in [1.29, 1.82) is 0 Å². The van der Waals surface area contributed by atoms with Gasteiger partial charge in [0.25, 0.3) is 0 Å². The summed E-state index contributed by atoms with van der Waals surface area (Å²) in [6, 6.07) is 14.2. The molecule has 0 saturated carbocycles. The fourth-order valence-electron chi connectivity index (χ4n) is 3.01. The molecule has 0 bridgehead atoms. The minimum Gasteiger partial charge on any atom is -0.388 e. The Kier molecular flexibility index (Phi) is 4.20. The van der Waals surface area contributed by atoms with E-state index in [1.54, 1.807) is 0 Å². The zero-order valence-corrected chi connectivity index (χ0v) is 12.4. The molecular formula is C18H22N2O. The highest BCUT2D eigenvalue weighted by molar-refractivity contribution is 5.39. The molecule has 3 heteroatoms. The third kappa shape index (κ3) is 3.24. The zero-order valence-electron chi connectivity index (χ0n) is 12.4. The molecule has 110 valence electrons. The van der Waals surface area contributed by atoms with E-state index in [9.17, 15) is 5.11 Å². The van der Waals surface area contributed by atoms with Gasteiger partial charge in [0, 0.05) is 19.3 Å². The van der Waals surface area contributed by atoms with Crippen LogP contribution in [0.1, 0.15) is 30.1 Å². The Balaban J connectivity index is 1.61. The Morgan fingerprint density at radius 2 is 1.81 bits per heavy atom. The van der Waals surface area contributed by atoms with Crippen LogP contribution in [-0.4, -0.2) is 23.2 Å². The van der Waals surface area contributed by atoms with Crippen LogP contribution in [0.25, 0.3) is 0 Å². The van der Waals surface area contributed by atoms with Gasteiger partial charge in [-0.2, -0.15) is 0 Å². The zero-order chi connectivity index (χ0) is 14.7. The SMILES string of the molecule is Cc1ccc(N2CCC(C(O)c3ccccc3)CC2)nc1. The van der Waals surface area contributed by atoms with Crippen LogP contribution < -0.4 is 4.90 Å². The van der Waals surface area contributed by atoms with Crippen LogP contribution in [0.3, 0.4) is 0 Å². The summed E-state index contributed by atoms with van der Waals surface area (Å²) in [6.45, 7) is 3.98. The fraction of sp³-hybridized carbons (Fsp3) is 0.389. The summed E-state index contributed by atoms with van der Waals surface area (Å²) >= 11 is 0. The van der Waals surface area contributed by atoms with Crippen molar-refractivity contribution in [1.82, 2.24) is 4.98 Å². The van der Waals surface area contributed by atoms with E-state index in [0.717, 1.165) is 37.3 Å². The van der Waals surface area contributed by atoms with Gasteiger partial charge in [0.15, 0.2) is 0 Å². The predicted octanol–water partition coefficient (Wildman–Crippen LogP) is 3.34. The minimum absolute atomic E-state index is 0.342. The fourth-order valence-corrected chi connectivity index (χ4v) is 3.01. The molecule has 2 aromatic rings. The molecule has 1 aromatic heterocycles. The molecule has 3 nitrogen and oxygen atoms in total. The molecule has 1 N–H and O–H groups in total. The number of pyridine rings is 1. The number of nitrogens with zero attached hydrogens (tertiary/aromatic N) is 2. The average Bonchev–Trinajstić information content (AvgIpc) is 2.56. The monoisotopic (exact) mass is 282 g/mol. The van der Waals surface area contributed by atoms with Gasteiger partial charge in [-0.1, -0.05) is 36.4 Å². The second-order valence-corrected chi connectivity index (χ2v) is 5.87. The molecule has 1 unspecified atom stereocenters. The number of hydrogen-bond acceptors (Lipinski definition) is 3. The van der Waals surface area contributed by atoms with E-state index < -0.39 is 0 Å². The molecule has 1 aromatic carbocycles. The highest BCUT2D eigenvalue weighted by Crippen LogP contribution is 2.31. The highest BCUT2D eigenvalue weighted by atomic mass is 16.3. The van der Waals surface area contributed by atoms with Gasteiger partial charge in [0.2, 0.25) is 0 Å². The number of aliphatic hydroxyl groups excluding tert-OH is 1. The van der Waals surface area contributed by atoms with Crippen LogP contribution >= 0.6 is 0 Å². The Morgan fingerprint density at radius 1 is 1.10 bits per heavy atom. The predicted molar refractivity (Wildman–Crippen MR) is 85.3 cm³/mol. The first-order chi connectivity index (χ1) is 10.2. The molecule has 0 spiro atoms. The molecule has 0 radical (unpaired) electrons. The van der Waals surface area contributed by atoms with E-state index in [4.69, 9.17) is 0 Å². The second-order valence-electron chi connectivity index (χ2n) is 5.87. The highest BCUT2D eigenvalue weighted by Gasteiger charge is 2.26. The largest absolute Gasteiger partial charge is 0.388 e. The summed E-state index contributed by atoms with van der Waals surface area (Å²) in [6.07, 6.45) is 3.58. The second kappa shape index (κ2) is 6.27. The number of anilines is 1. The van der Waals surface area contributed by atoms with Crippen molar-refractivity contribution in [3.8, 4) is 0 Å². The summed E-state index contributed by atoms with van der Waals surface area (Å²) in [4.78, 5) is 6.81. The van der Waals surface area contributed by atoms with Gasteiger partial charge in [0.05, 0.1) is 6.10 Å².